The second kappa shape index (κ2) is 6.67. The first-order valence-corrected chi connectivity index (χ1v) is 9.08. The Morgan fingerprint density at radius 1 is 0.947 bits per heavy atom. The van der Waals surface area contributed by atoms with Crippen LogP contribution in [-0.2, 0) is 0 Å². The third kappa shape index (κ3) is 3.27. The Morgan fingerprint density at radius 2 is 1.58 bits per heavy atom. The molecule has 0 radical (unpaired) electrons. The summed E-state index contributed by atoms with van der Waals surface area (Å²) in [4.78, 5) is 16.2. The molecule has 0 fully saturated rings. The fourth-order valence-corrected chi connectivity index (χ4v) is 5.03. The molecule has 1 aliphatic heterocycles. The molecule has 19 heavy (non-hydrogen) atoms. The Kier molecular flexibility index (Phi) is 5.18. The van der Waals surface area contributed by atoms with E-state index in [1.165, 1.54) is 53.0 Å². The number of hydrogen-bond donors (Lipinski definition) is 0. The first-order valence-electron chi connectivity index (χ1n) is 7.37. The molecule has 0 aromatic carbocycles. The van der Waals surface area contributed by atoms with Gasteiger partial charge in [-0.3, -0.25) is 0 Å². The van der Waals surface area contributed by atoms with Crippen LogP contribution < -0.4 is 0 Å². The van der Waals surface area contributed by atoms with E-state index in [0.717, 1.165) is 17.7 Å². The third-order valence-corrected chi connectivity index (χ3v) is 5.91. The Labute approximate surface area is 122 Å². The first-order chi connectivity index (χ1) is 9.15. The number of carbonyl (C=O) groups excluding carboxylic acids is 1. The summed E-state index contributed by atoms with van der Waals surface area (Å²) < 4.78 is 2.67. The summed E-state index contributed by atoms with van der Waals surface area (Å²) >= 11 is 0.392. The number of amides is 1. The molecule has 104 valence electrons. The van der Waals surface area contributed by atoms with E-state index in [4.69, 9.17) is 0 Å². The Balaban J connectivity index is 1.90. The number of hydrogen-bond acceptors (Lipinski definition) is 1. The van der Waals surface area contributed by atoms with Gasteiger partial charge in [-0.1, -0.05) is 0 Å². The van der Waals surface area contributed by atoms with Crippen molar-refractivity contribution in [3.63, 3.8) is 0 Å². The van der Waals surface area contributed by atoms with E-state index in [1.807, 2.05) is 0 Å². The van der Waals surface area contributed by atoms with Crippen LogP contribution in [-0.4, -0.2) is 26.1 Å². The van der Waals surface area contributed by atoms with Gasteiger partial charge in [-0.05, 0) is 0 Å². The van der Waals surface area contributed by atoms with Gasteiger partial charge in [0.25, 0.3) is 0 Å². The summed E-state index contributed by atoms with van der Waals surface area (Å²) in [6.07, 6.45) is 8.73. The average Bonchev–Trinajstić information content (AvgIpc) is 2.85. The zero-order valence-corrected chi connectivity index (χ0v) is 13.9. The van der Waals surface area contributed by atoms with Crippen molar-refractivity contribution in [2.45, 2.75) is 65.7 Å². The van der Waals surface area contributed by atoms with Gasteiger partial charge in [-0.2, -0.15) is 0 Å². The molecule has 0 saturated heterocycles. The predicted molar refractivity (Wildman–Crippen MR) is 81.7 cm³/mol. The van der Waals surface area contributed by atoms with Crippen molar-refractivity contribution >= 4 is 26.1 Å². The normalized spacial score (nSPS) is 13.8. The van der Waals surface area contributed by atoms with Crippen LogP contribution in [0.15, 0.2) is 4.99 Å². The number of nitrogens with zero attached hydrogens (tertiary/aromatic N) is 1. The molecule has 0 bridgehead atoms. The van der Waals surface area contributed by atoms with Gasteiger partial charge >= 0.3 is 122 Å². The van der Waals surface area contributed by atoms with Crippen LogP contribution in [0.3, 0.4) is 0 Å². The van der Waals surface area contributed by atoms with Crippen LogP contribution >= 0.6 is 0 Å². The number of aryl methyl sites for hydroxylation is 2. The van der Waals surface area contributed by atoms with Crippen LogP contribution in [0.5, 0.6) is 0 Å². The van der Waals surface area contributed by atoms with Crippen LogP contribution in [0.4, 0.5) is 0 Å². The van der Waals surface area contributed by atoms with Crippen molar-refractivity contribution in [3.8, 4) is 0 Å². The van der Waals surface area contributed by atoms with E-state index in [2.05, 4.69) is 25.8 Å². The van der Waals surface area contributed by atoms with Gasteiger partial charge in [0.05, 0.1) is 0 Å². The fourth-order valence-electron chi connectivity index (χ4n) is 2.78. The molecular weight excluding hydrogens is 301 g/mol. The molecule has 1 aliphatic rings. The average molecular weight is 324 g/mol. The van der Waals surface area contributed by atoms with Crippen LogP contribution in [0.2, 0.25) is 0 Å². The standard InChI is InChI=1S/C16H23NOSe/c1-4-5-6-7-8-9-10-13-14-11(2)19-12(3)15(14)16(18)17-13/h4-10H2,1-3H3. The zero-order valence-electron chi connectivity index (χ0n) is 12.2. The molecule has 2 nitrogen and oxygen atoms in total. The quantitative estimate of drug-likeness (QED) is 0.549. The summed E-state index contributed by atoms with van der Waals surface area (Å²) in [5.41, 5.74) is 3.24. The number of unbranched alkanes of at least 4 members (excludes halogenated alkanes) is 5. The molecule has 1 aromatic heterocycles. The summed E-state index contributed by atoms with van der Waals surface area (Å²) in [7, 11) is 0. The van der Waals surface area contributed by atoms with E-state index in [9.17, 15) is 4.79 Å². The third-order valence-electron chi connectivity index (χ3n) is 3.77. The molecule has 0 aliphatic carbocycles. The molecule has 2 heterocycles. The van der Waals surface area contributed by atoms with Crippen molar-refractivity contribution in [1.82, 2.24) is 0 Å². The maximum atomic E-state index is 11.9. The van der Waals surface area contributed by atoms with Gasteiger partial charge < -0.3 is 0 Å². The molecule has 0 N–H and O–H groups in total. The van der Waals surface area contributed by atoms with Gasteiger partial charge in [0.2, 0.25) is 0 Å². The number of carbonyl (C=O) groups is 1. The van der Waals surface area contributed by atoms with E-state index < -0.39 is 0 Å². The summed E-state index contributed by atoms with van der Waals surface area (Å²) in [5, 5.41) is 0. The van der Waals surface area contributed by atoms with Gasteiger partial charge in [-0.25, -0.2) is 0 Å². The second-order valence-electron chi connectivity index (χ2n) is 5.35. The van der Waals surface area contributed by atoms with Crippen molar-refractivity contribution < 1.29 is 4.79 Å². The molecule has 3 heteroatoms. The minimum atomic E-state index is 0.0206. The second-order valence-corrected chi connectivity index (χ2v) is 8.34. The van der Waals surface area contributed by atoms with Crippen LogP contribution in [0, 0.1) is 13.8 Å². The Bertz CT molecular complexity index is 499. The van der Waals surface area contributed by atoms with E-state index >= 15 is 0 Å². The number of aliphatic imine (C=N–C) groups is 1. The van der Waals surface area contributed by atoms with Crippen LogP contribution in [0.1, 0.15) is 76.7 Å². The molecule has 0 unspecified atom stereocenters. The van der Waals surface area contributed by atoms with Crippen molar-refractivity contribution in [1.29, 1.82) is 0 Å². The van der Waals surface area contributed by atoms with E-state index in [-0.39, 0.29) is 5.91 Å². The predicted octanol–water partition coefficient (Wildman–Crippen LogP) is 4.05. The van der Waals surface area contributed by atoms with Crippen LogP contribution in [0.25, 0.3) is 0 Å². The maximum absolute atomic E-state index is 11.9. The summed E-state index contributed by atoms with van der Waals surface area (Å²) in [5.74, 6) is 0.0206. The monoisotopic (exact) mass is 325 g/mol. The van der Waals surface area contributed by atoms with Gasteiger partial charge in [0, 0.05) is 0 Å². The summed E-state index contributed by atoms with van der Waals surface area (Å²) in [6.45, 7) is 6.50. The Morgan fingerprint density at radius 3 is 2.32 bits per heavy atom. The van der Waals surface area contributed by atoms with E-state index in [0.29, 0.717) is 14.5 Å². The molecule has 0 spiro atoms. The van der Waals surface area contributed by atoms with Crippen molar-refractivity contribution in [3.05, 3.63) is 20.0 Å². The van der Waals surface area contributed by atoms with E-state index in [1.54, 1.807) is 0 Å². The zero-order chi connectivity index (χ0) is 13.8. The molecular formula is C16H23NOSe. The summed E-state index contributed by atoms with van der Waals surface area (Å²) in [6, 6.07) is 0. The Hall–Kier alpha value is -0.661. The molecule has 0 saturated carbocycles. The molecule has 2 rings (SSSR count). The fraction of sp³-hybridized carbons (Fsp3) is 0.625. The topological polar surface area (TPSA) is 29.4 Å². The molecule has 1 amide bonds. The molecule has 0 atom stereocenters. The van der Waals surface area contributed by atoms with Gasteiger partial charge in [0.15, 0.2) is 0 Å². The first kappa shape index (κ1) is 14.7. The SMILES string of the molecule is CCCCCCCCC1=NC(=O)c2c(C)[se]c(C)c21. The van der Waals surface area contributed by atoms with Gasteiger partial charge in [-0.15, -0.1) is 0 Å². The molecule has 1 aromatic rings. The van der Waals surface area contributed by atoms with Crippen molar-refractivity contribution in [2.75, 3.05) is 0 Å². The number of rotatable bonds is 7. The van der Waals surface area contributed by atoms with Crippen molar-refractivity contribution in [2.24, 2.45) is 4.99 Å². The number of fused-ring (bicyclic) bond motifs is 1. The van der Waals surface area contributed by atoms with Gasteiger partial charge in [0.1, 0.15) is 0 Å². The minimum absolute atomic E-state index is 0.0206.